The summed E-state index contributed by atoms with van der Waals surface area (Å²) >= 11 is 0. The number of aromatic nitrogens is 1. The fourth-order valence-corrected chi connectivity index (χ4v) is 4.67. The highest BCUT2D eigenvalue weighted by atomic mass is 16.3. The van der Waals surface area contributed by atoms with Gasteiger partial charge >= 0.3 is 0 Å². The van der Waals surface area contributed by atoms with Crippen LogP contribution in [0.25, 0.3) is 5.70 Å². The molecule has 0 amide bonds. The van der Waals surface area contributed by atoms with E-state index in [2.05, 4.69) is 15.8 Å². The maximum atomic E-state index is 12.4. The summed E-state index contributed by atoms with van der Waals surface area (Å²) in [5, 5.41) is 9.28. The fraction of sp³-hybridized carbons (Fsp3) is 0.500. The molecule has 124 valence electrons. The number of Topliss-reactive ketones (excluding diaryl/α,β-unsaturated/α-hetero) is 1. The number of hydrogen-bond donors (Lipinski definition) is 1. The second kappa shape index (κ2) is 5.75. The first-order valence-electron chi connectivity index (χ1n) is 8.70. The zero-order valence-electron chi connectivity index (χ0n) is 13.8. The Kier molecular flexibility index (Phi) is 3.69. The first-order valence-corrected chi connectivity index (χ1v) is 8.70. The van der Waals surface area contributed by atoms with Gasteiger partial charge in [-0.3, -0.25) is 9.78 Å². The maximum absolute atomic E-state index is 12.4. The number of aliphatic hydroxyl groups excluding tert-OH is 1. The molecule has 2 aliphatic carbocycles. The number of carbonyl (C=O) groups excluding carboxylic acids is 1. The highest BCUT2D eigenvalue weighted by Crippen LogP contribution is 2.53. The Bertz CT molecular complexity index is 743. The van der Waals surface area contributed by atoms with Crippen LogP contribution in [0.4, 0.5) is 0 Å². The van der Waals surface area contributed by atoms with Crippen molar-refractivity contribution in [2.75, 3.05) is 19.7 Å². The molecule has 0 aromatic carbocycles. The summed E-state index contributed by atoms with van der Waals surface area (Å²) in [6.45, 7) is 2.12. The molecular weight excluding hydrogens is 300 g/mol. The molecule has 1 saturated heterocycles. The zero-order valence-corrected chi connectivity index (χ0v) is 13.8. The van der Waals surface area contributed by atoms with E-state index in [1.807, 2.05) is 12.1 Å². The van der Waals surface area contributed by atoms with Crippen LogP contribution in [-0.2, 0) is 11.2 Å². The number of rotatable bonds is 2. The van der Waals surface area contributed by atoms with Gasteiger partial charge in [0.2, 0.25) is 0 Å². The molecule has 1 aromatic heterocycles. The van der Waals surface area contributed by atoms with E-state index >= 15 is 0 Å². The van der Waals surface area contributed by atoms with Crippen molar-refractivity contribution in [1.29, 1.82) is 0 Å². The molecule has 4 nitrogen and oxygen atoms in total. The smallest absolute Gasteiger partial charge is 0.177 e. The Balaban J connectivity index is 1.61. The number of nitrogens with zero attached hydrogens (tertiary/aromatic N) is 2. The first kappa shape index (κ1) is 15.4. The summed E-state index contributed by atoms with van der Waals surface area (Å²) < 4.78 is 0. The largest absolute Gasteiger partial charge is 0.396 e. The van der Waals surface area contributed by atoms with Crippen LogP contribution in [0.1, 0.15) is 36.9 Å². The van der Waals surface area contributed by atoms with Crippen LogP contribution in [0.2, 0.25) is 0 Å². The lowest BCUT2D eigenvalue weighted by Crippen LogP contribution is -2.48. The maximum Gasteiger partial charge on any atom is 0.177 e. The third-order valence-corrected chi connectivity index (χ3v) is 5.97. The molecular formula is C20H22N2O2. The van der Waals surface area contributed by atoms with E-state index in [9.17, 15) is 9.90 Å². The fourth-order valence-electron chi connectivity index (χ4n) is 4.67. The molecule has 1 aliphatic heterocycles. The lowest BCUT2D eigenvalue weighted by molar-refractivity contribution is -0.114. The first-order chi connectivity index (χ1) is 11.7. The molecule has 4 rings (SSSR count). The Hall–Kier alpha value is -2.12. The predicted octanol–water partition coefficient (Wildman–Crippen LogP) is 2.04. The topological polar surface area (TPSA) is 53.4 Å². The molecule has 0 atom stereocenters. The lowest BCUT2D eigenvalue weighted by atomic mass is 9.58. The zero-order chi connectivity index (χ0) is 16.7. The molecule has 1 aromatic rings. The highest BCUT2D eigenvalue weighted by Gasteiger charge is 2.46. The number of fused-ring (bicyclic) bond motifs is 1. The molecule has 1 N–H and O–H groups in total. The van der Waals surface area contributed by atoms with Crippen LogP contribution >= 0.6 is 0 Å². The molecule has 24 heavy (non-hydrogen) atoms. The summed E-state index contributed by atoms with van der Waals surface area (Å²) in [6, 6.07) is 3.84. The number of allylic oxidation sites excluding steroid dienone is 1. The van der Waals surface area contributed by atoms with Crippen molar-refractivity contribution in [2.45, 2.75) is 32.1 Å². The number of pyridine rings is 1. The average Bonchev–Trinajstić information content (AvgIpc) is 2.58. The Morgan fingerprint density at radius 1 is 1.38 bits per heavy atom. The van der Waals surface area contributed by atoms with E-state index in [1.165, 1.54) is 0 Å². The monoisotopic (exact) mass is 322 g/mol. The van der Waals surface area contributed by atoms with Crippen LogP contribution in [0.3, 0.4) is 0 Å². The Morgan fingerprint density at radius 2 is 2.12 bits per heavy atom. The van der Waals surface area contributed by atoms with Gasteiger partial charge in [-0.05, 0) is 48.6 Å². The summed E-state index contributed by atoms with van der Waals surface area (Å²) in [5.74, 6) is 3.13. The van der Waals surface area contributed by atoms with E-state index in [0.29, 0.717) is 29.9 Å². The standard InChI is InChI=1S/C20H22N2O2/c1-2-16-17(24)10-15-4-3-7-21-18(15)19(16)22-8-5-20(6-9-22)11-14(12-20)13-23/h1,3-4,7,14,23H,5-6,8-13H2. The van der Waals surface area contributed by atoms with Crippen molar-refractivity contribution in [1.82, 2.24) is 9.88 Å². The van der Waals surface area contributed by atoms with E-state index in [4.69, 9.17) is 6.42 Å². The van der Waals surface area contributed by atoms with E-state index < -0.39 is 0 Å². The van der Waals surface area contributed by atoms with Crippen molar-refractivity contribution in [2.24, 2.45) is 11.3 Å². The van der Waals surface area contributed by atoms with Crippen molar-refractivity contribution in [3.63, 3.8) is 0 Å². The number of hydrogen-bond acceptors (Lipinski definition) is 4. The number of carbonyl (C=O) groups is 1. The predicted molar refractivity (Wildman–Crippen MR) is 91.8 cm³/mol. The number of likely N-dealkylation sites (tertiary alicyclic amines) is 1. The molecule has 2 fully saturated rings. The number of aliphatic hydroxyl groups is 1. The molecule has 0 bridgehead atoms. The van der Waals surface area contributed by atoms with Gasteiger partial charge in [-0.1, -0.05) is 12.0 Å². The summed E-state index contributed by atoms with van der Waals surface area (Å²) in [6.07, 6.45) is 12.2. The molecule has 1 saturated carbocycles. The third kappa shape index (κ3) is 2.35. The van der Waals surface area contributed by atoms with Crippen molar-refractivity contribution in [3.8, 4) is 12.3 Å². The minimum Gasteiger partial charge on any atom is -0.396 e. The van der Waals surface area contributed by atoms with Crippen LogP contribution in [0, 0.1) is 23.7 Å². The summed E-state index contributed by atoms with van der Waals surface area (Å²) in [4.78, 5) is 19.2. The van der Waals surface area contributed by atoms with Crippen LogP contribution in [0.5, 0.6) is 0 Å². The van der Waals surface area contributed by atoms with Crippen molar-refractivity contribution < 1.29 is 9.90 Å². The second-order valence-corrected chi connectivity index (χ2v) is 7.42. The van der Waals surface area contributed by atoms with E-state index in [-0.39, 0.29) is 5.78 Å². The summed E-state index contributed by atoms with van der Waals surface area (Å²) in [7, 11) is 0. The van der Waals surface area contributed by atoms with Gasteiger partial charge in [-0.15, -0.1) is 6.42 Å². The average molecular weight is 322 g/mol. The minimum atomic E-state index is 0.0253. The van der Waals surface area contributed by atoms with Gasteiger partial charge in [0.1, 0.15) is 0 Å². The minimum absolute atomic E-state index is 0.0253. The Morgan fingerprint density at radius 3 is 2.79 bits per heavy atom. The van der Waals surface area contributed by atoms with E-state index in [0.717, 1.165) is 55.7 Å². The van der Waals surface area contributed by atoms with Gasteiger partial charge in [-0.2, -0.15) is 0 Å². The molecule has 3 aliphatic rings. The molecule has 2 heterocycles. The van der Waals surface area contributed by atoms with Crippen molar-refractivity contribution in [3.05, 3.63) is 35.2 Å². The normalized spacial score (nSPS) is 23.0. The van der Waals surface area contributed by atoms with Gasteiger partial charge in [0.05, 0.1) is 17.0 Å². The molecule has 0 radical (unpaired) electrons. The van der Waals surface area contributed by atoms with Crippen LogP contribution in [0.15, 0.2) is 23.9 Å². The number of ketones is 1. The van der Waals surface area contributed by atoms with Crippen LogP contribution < -0.4 is 0 Å². The van der Waals surface area contributed by atoms with Gasteiger partial charge < -0.3 is 10.0 Å². The summed E-state index contributed by atoms with van der Waals surface area (Å²) in [5.41, 5.74) is 3.59. The quantitative estimate of drug-likeness (QED) is 0.847. The molecule has 0 unspecified atom stereocenters. The van der Waals surface area contributed by atoms with E-state index in [1.54, 1.807) is 6.20 Å². The Labute approximate surface area is 142 Å². The van der Waals surface area contributed by atoms with Gasteiger partial charge in [0.25, 0.3) is 0 Å². The number of terminal acetylenes is 1. The lowest BCUT2D eigenvalue weighted by Gasteiger charge is -2.52. The third-order valence-electron chi connectivity index (χ3n) is 5.97. The van der Waals surface area contributed by atoms with Gasteiger partial charge in [0, 0.05) is 32.3 Å². The molecule has 1 spiro atoms. The van der Waals surface area contributed by atoms with Crippen molar-refractivity contribution >= 4 is 11.5 Å². The SMILES string of the molecule is C#CC1=C(N2CCC3(CC2)CC(CO)C3)c2ncccc2CC1=O. The number of piperidine rings is 1. The highest BCUT2D eigenvalue weighted by molar-refractivity contribution is 6.09. The van der Waals surface area contributed by atoms with Gasteiger partial charge in [-0.25, -0.2) is 0 Å². The molecule has 4 heteroatoms. The second-order valence-electron chi connectivity index (χ2n) is 7.42. The van der Waals surface area contributed by atoms with Crippen LogP contribution in [-0.4, -0.2) is 40.5 Å². The van der Waals surface area contributed by atoms with Gasteiger partial charge in [0.15, 0.2) is 5.78 Å².